The van der Waals surface area contributed by atoms with Crippen molar-refractivity contribution in [2.75, 3.05) is 11.9 Å². The lowest BCUT2D eigenvalue weighted by atomic mass is 10.1. The van der Waals surface area contributed by atoms with Gasteiger partial charge in [0, 0.05) is 5.56 Å². The Kier molecular flexibility index (Phi) is 2.49. The molecule has 3 rings (SSSR count). The van der Waals surface area contributed by atoms with Crippen LogP contribution in [-0.4, -0.2) is 27.6 Å². The number of aromatic nitrogens is 2. The SMILES string of the molecule is O=C1COc2ccc(-c3cnc(CO)[nH]3)cc2N1. The molecule has 3 N–H and O–H groups in total. The Balaban J connectivity index is 1.98. The standard InChI is InChI=1S/C12H11N3O3/c16-5-11-13-4-9(14-11)7-1-2-10-8(3-7)15-12(17)6-18-10/h1-4,16H,5-6H2,(H,13,14)(H,15,17). The van der Waals surface area contributed by atoms with E-state index in [1.807, 2.05) is 6.07 Å². The van der Waals surface area contributed by atoms with E-state index in [9.17, 15) is 4.79 Å². The number of nitrogens with one attached hydrogen (secondary N) is 2. The predicted molar refractivity (Wildman–Crippen MR) is 64.1 cm³/mol. The molecule has 0 fully saturated rings. The summed E-state index contributed by atoms with van der Waals surface area (Å²) >= 11 is 0. The fraction of sp³-hybridized carbons (Fsp3) is 0.167. The van der Waals surface area contributed by atoms with E-state index in [1.165, 1.54) is 0 Å². The molecule has 0 unspecified atom stereocenters. The summed E-state index contributed by atoms with van der Waals surface area (Å²) in [5, 5.41) is 11.7. The highest BCUT2D eigenvalue weighted by molar-refractivity contribution is 5.96. The van der Waals surface area contributed by atoms with Crippen LogP contribution in [0.1, 0.15) is 5.82 Å². The number of anilines is 1. The second kappa shape index (κ2) is 4.15. The van der Waals surface area contributed by atoms with E-state index in [4.69, 9.17) is 9.84 Å². The first kappa shape index (κ1) is 10.8. The summed E-state index contributed by atoms with van der Waals surface area (Å²) < 4.78 is 5.28. The van der Waals surface area contributed by atoms with Gasteiger partial charge in [0.15, 0.2) is 6.61 Å². The van der Waals surface area contributed by atoms with Crippen molar-refractivity contribution in [2.24, 2.45) is 0 Å². The second-order valence-electron chi connectivity index (χ2n) is 3.95. The minimum Gasteiger partial charge on any atom is -0.482 e. The lowest BCUT2D eigenvalue weighted by Gasteiger charge is -2.18. The number of H-pyrrole nitrogens is 1. The van der Waals surface area contributed by atoms with Gasteiger partial charge in [0.05, 0.1) is 17.6 Å². The number of carbonyl (C=O) groups excluding carboxylic acids is 1. The molecule has 0 radical (unpaired) electrons. The lowest BCUT2D eigenvalue weighted by Crippen LogP contribution is -2.25. The molecule has 0 bridgehead atoms. The van der Waals surface area contributed by atoms with E-state index >= 15 is 0 Å². The van der Waals surface area contributed by atoms with Gasteiger partial charge in [-0.05, 0) is 18.2 Å². The maximum atomic E-state index is 11.2. The van der Waals surface area contributed by atoms with Crippen LogP contribution >= 0.6 is 0 Å². The summed E-state index contributed by atoms with van der Waals surface area (Å²) in [6.45, 7) is -0.0874. The molecule has 0 atom stereocenters. The number of carbonyl (C=O) groups is 1. The monoisotopic (exact) mass is 245 g/mol. The van der Waals surface area contributed by atoms with Crippen LogP contribution < -0.4 is 10.1 Å². The van der Waals surface area contributed by atoms with Gasteiger partial charge >= 0.3 is 0 Å². The molecule has 0 saturated carbocycles. The van der Waals surface area contributed by atoms with Gasteiger partial charge in [0.1, 0.15) is 18.2 Å². The number of ether oxygens (including phenoxy) is 1. The maximum Gasteiger partial charge on any atom is 0.262 e. The molecule has 0 saturated heterocycles. The number of aromatic amines is 1. The number of aliphatic hydroxyl groups excluding tert-OH is 1. The topological polar surface area (TPSA) is 87.2 Å². The summed E-state index contributed by atoms with van der Waals surface area (Å²) in [6, 6.07) is 5.47. The van der Waals surface area contributed by atoms with Crippen LogP contribution in [0.2, 0.25) is 0 Å². The van der Waals surface area contributed by atoms with Crippen molar-refractivity contribution in [2.45, 2.75) is 6.61 Å². The molecule has 0 spiro atoms. The Labute approximate surface area is 103 Å². The zero-order valence-electron chi connectivity index (χ0n) is 9.43. The molecular formula is C12H11N3O3. The van der Waals surface area contributed by atoms with Crippen LogP contribution in [0.5, 0.6) is 5.75 Å². The smallest absolute Gasteiger partial charge is 0.262 e. The first-order valence-electron chi connectivity index (χ1n) is 5.48. The minimum atomic E-state index is -0.166. The van der Waals surface area contributed by atoms with Crippen LogP contribution in [0.25, 0.3) is 11.3 Å². The predicted octanol–water partition coefficient (Wildman–Crippen LogP) is 0.900. The van der Waals surface area contributed by atoms with E-state index < -0.39 is 0 Å². The van der Waals surface area contributed by atoms with Gasteiger partial charge in [0.2, 0.25) is 0 Å². The molecule has 1 amide bonds. The average Bonchev–Trinajstić information content (AvgIpc) is 2.86. The molecule has 1 aliphatic heterocycles. The molecule has 92 valence electrons. The number of amides is 1. The Morgan fingerprint density at radius 3 is 3.11 bits per heavy atom. The summed E-state index contributed by atoms with van der Waals surface area (Å²) in [7, 11) is 0. The average molecular weight is 245 g/mol. The number of nitrogens with zero attached hydrogens (tertiary/aromatic N) is 1. The van der Waals surface area contributed by atoms with Crippen molar-refractivity contribution >= 4 is 11.6 Å². The van der Waals surface area contributed by atoms with E-state index in [2.05, 4.69) is 15.3 Å². The number of rotatable bonds is 2. The van der Waals surface area contributed by atoms with Gasteiger partial charge in [-0.15, -0.1) is 0 Å². The highest BCUT2D eigenvalue weighted by atomic mass is 16.5. The number of fused-ring (bicyclic) bond motifs is 1. The highest BCUT2D eigenvalue weighted by Gasteiger charge is 2.16. The van der Waals surface area contributed by atoms with Crippen LogP contribution in [0.15, 0.2) is 24.4 Å². The third-order valence-corrected chi connectivity index (χ3v) is 2.70. The molecule has 6 heteroatoms. The highest BCUT2D eigenvalue weighted by Crippen LogP contribution is 2.31. The second-order valence-corrected chi connectivity index (χ2v) is 3.95. The van der Waals surface area contributed by atoms with Crippen molar-refractivity contribution in [3.63, 3.8) is 0 Å². The Morgan fingerprint density at radius 1 is 1.44 bits per heavy atom. The molecule has 1 aromatic heterocycles. The number of hydrogen-bond donors (Lipinski definition) is 3. The fourth-order valence-corrected chi connectivity index (χ4v) is 1.84. The van der Waals surface area contributed by atoms with Crippen molar-refractivity contribution in [1.82, 2.24) is 9.97 Å². The molecular weight excluding hydrogens is 234 g/mol. The Morgan fingerprint density at radius 2 is 2.33 bits per heavy atom. The van der Waals surface area contributed by atoms with Crippen molar-refractivity contribution in [3.8, 4) is 17.0 Å². The number of benzene rings is 1. The molecule has 2 heterocycles. The van der Waals surface area contributed by atoms with Gasteiger partial charge in [-0.3, -0.25) is 4.79 Å². The third kappa shape index (κ3) is 1.82. The Hall–Kier alpha value is -2.34. The van der Waals surface area contributed by atoms with Crippen molar-refractivity contribution in [1.29, 1.82) is 0 Å². The van der Waals surface area contributed by atoms with Gasteiger partial charge in [-0.25, -0.2) is 4.98 Å². The first-order valence-corrected chi connectivity index (χ1v) is 5.48. The molecule has 0 aliphatic carbocycles. The number of aliphatic hydroxyl groups is 1. The van der Waals surface area contributed by atoms with Gasteiger partial charge in [-0.1, -0.05) is 0 Å². The molecule has 6 nitrogen and oxygen atoms in total. The molecule has 1 aromatic carbocycles. The fourth-order valence-electron chi connectivity index (χ4n) is 1.84. The van der Waals surface area contributed by atoms with E-state index in [1.54, 1.807) is 18.3 Å². The van der Waals surface area contributed by atoms with Crippen LogP contribution in [0.4, 0.5) is 5.69 Å². The molecule has 18 heavy (non-hydrogen) atoms. The maximum absolute atomic E-state index is 11.2. The van der Waals surface area contributed by atoms with Gasteiger partial charge in [0.25, 0.3) is 5.91 Å². The molecule has 2 aromatic rings. The third-order valence-electron chi connectivity index (χ3n) is 2.70. The van der Waals surface area contributed by atoms with Gasteiger partial charge in [-0.2, -0.15) is 0 Å². The minimum absolute atomic E-state index is 0.0467. The lowest BCUT2D eigenvalue weighted by molar-refractivity contribution is -0.118. The number of imidazole rings is 1. The zero-order chi connectivity index (χ0) is 12.5. The Bertz CT molecular complexity index is 606. The summed E-state index contributed by atoms with van der Waals surface area (Å²) in [6.07, 6.45) is 1.64. The first-order chi connectivity index (χ1) is 8.76. The van der Waals surface area contributed by atoms with Crippen LogP contribution in [0.3, 0.4) is 0 Å². The van der Waals surface area contributed by atoms with Crippen molar-refractivity contribution < 1.29 is 14.6 Å². The summed E-state index contributed by atoms with van der Waals surface area (Å²) in [4.78, 5) is 18.2. The van der Waals surface area contributed by atoms with E-state index in [0.717, 1.165) is 11.3 Å². The van der Waals surface area contributed by atoms with Gasteiger partial charge < -0.3 is 20.1 Å². The normalized spacial score (nSPS) is 13.7. The van der Waals surface area contributed by atoms with E-state index in [-0.39, 0.29) is 19.1 Å². The van der Waals surface area contributed by atoms with Crippen LogP contribution in [-0.2, 0) is 11.4 Å². The summed E-state index contributed by atoms with van der Waals surface area (Å²) in [5.74, 6) is 0.989. The molecule has 1 aliphatic rings. The van der Waals surface area contributed by atoms with Crippen LogP contribution in [0, 0.1) is 0 Å². The van der Waals surface area contributed by atoms with E-state index in [0.29, 0.717) is 17.3 Å². The summed E-state index contributed by atoms with van der Waals surface area (Å²) in [5.41, 5.74) is 2.29. The van der Waals surface area contributed by atoms with Crippen molar-refractivity contribution in [3.05, 3.63) is 30.2 Å². The number of hydrogen-bond acceptors (Lipinski definition) is 4. The zero-order valence-corrected chi connectivity index (χ0v) is 9.43. The largest absolute Gasteiger partial charge is 0.482 e. The quantitative estimate of drug-likeness (QED) is 0.733.